The molecule has 1 fully saturated rings. The molecule has 1 saturated carbocycles. The molecule has 96 valence electrons. The summed E-state index contributed by atoms with van der Waals surface area (Å²) >= 11 is 0. The Labute approximate surface area is 109 Å². The van der Waals surface area contributed by atoms with Crippen LogP contribution in [-0.2, 0) is 10.8 Å². The van der Waals surface area contributed by atoms with Crippen LogP contribution in [0.4, 0.5) is 11.5 Å². The summed E-state index contributed by atoms with van der Waals surface area (Å²) < 4.78 is 11.6. The molecule has 2 rings (SSSR count). The molecule has 0 radical (unpaired) electrons. The molecule has 6 heteroatoms. The molecule has 1 aromatic heterocycles. The van der Waals surface area contributed by atoms with Gasteiger partial charge in [0.05, 0.1) is 10.4 Å². The highest BCUT2D eigenvalue weighted by atomic mass is 32.2. The Morgan fingerprint density at radius 1 is 1.67 bits per heavy atom. The first-order valence-electron chi connectivity index (χ1n) is 5.81. The molecule has 0 aliphatic heterocycles. The van der Waals surface area contributed by atoms with E-state index in [1.54, 1.807) is 18.5 Å². The Kier molecular flexibility index (Phi) is 3.53. The lowest BCUT2D eigenvalue weighted by molar-refractivity contribution is 0.368. The third-order valence-electron chi connectivity index (χ3n) is 3.57. The van der Waals surface area contributed by atoms with E-state index in [4.69, 9.17) is 11.0 Å². The smallest absolute Gasteiger partial charge is 0.143 e. The van der Waals surface area contributed by atoms with Crippen LogP contribution in [0.2, 0.25) is 0 Å². The predicted molar refractivity (Wildman–Crippen MR) is 72.5 cm³/mol. The number of hydrogen-bond donors (Lipinski definition) is 2. The highest BCUT2D eigenvalue weighted by Crippen LogP contribution is 2.37. The van der Waals surface area contributed by atoms with Gasteiger partial charge in [0.1, 0.15) is 17.5 Å². The zero-order valence-electron chi connectivity index (χ0n) is 10.3. The number of nitrogens with one attached hydrogen (secondary N) is 1. The quantitative estimate of drug-likeness (QED) is 0.854. The Balaban J connectivity index is 2.14. The van der Waals surface area contributed by atoms with E-state index < -0.39 is 10.8 Å². The van der Waals surface area contributed by atoms with Crippen LogP contribution in [0.15, 0.2) is 12.3 Å². The number of nitriles is 1. The Hall–Kier alpha value is -1.61. The summed E-state index contributed by atoms with van der Waals surface area (Å²) in [6.45, 7) is 0.605. The minimum absolute atomic E-state index is 0.148. The fraction of sp³-hybridized carbons (Fsp3) is 0.500. The van der Waals surface area contributed by atoms with Gasteiger partial charge < -0.3 is 11.1 Å². The molecule has 1 aliphatic carbocycles. The van der Waals surface area contributed by atoms with Crippen LogP contribution >= 0.6 is 0 Å². The normalized spacial score (nSPS) is 18.4. The van der Waals surface area contributed by atoms with Crippen molar-refractivity contribution in [1.29, 1.82) is 5.26 Å². The van der Waals surface area contributed by atoms with Crippen molar-refractivity contribution in [2.75, 3.05) is 23.9 Å². The SMILES string of the molecule is CS(=O)C1(CNc2ccnc(N)c2C#N)CCC1. The van der Waals surface area contributed by atoms with E-state index in [0.717, 1.165) is 19.3 Å². The summed E-state index contributed by atoms with van der Waals surface area (Å²) in [5, 5.41) is 12.2. The van der Waals surface area contributed by atoms with Crippen LogP contribution in [0.3, 0.4) is 0 Å². The first kappa shape index (κ1) is 12.8. The zero-order valence-corrected chi connectivity index (χ0v) is 11.1. The second kappa shape index (κ2) is 4.94. The summed E-state index contributed by atoms with van der Waals surface area (Å²) in [5.41, 5.74) is 6.67. The van der Waals surface area contributed by atoms with Crippen LogP contribution in [0.5, 0.6) is 0 Å². The minimum Gasteiger partial charge on any atom is -0.383 e. The molecule has 0 saturated heterocycles. The largest absolute Gasteiger partial charge is 0.383 e. The fourth-order valence-corrected chi connectivity index (χ4v) is 3.28. The number of anilines is 2. The second-order valence-electron chi connectivity index (χ2n) is 4.57. The zero-order chi connectivity index (χ0) is 13.2. The van der Waals surface area contributed by atoms with Crippen molar-refractivity contribution in [2.45, 2.75) is 24.0 Å². The van der Waals surface area contributed by atoms with E-state index in [2.05, 4.69) is 10.3 Å². The number of rotatable bonds is 4. The minimum atomic E-state index is -0.862. The number of aromatic nitrogens is 1. The van der Waals surface area contributed by atoms with Gasteiger partial charge in [-0.05, 0) is 18.9 Å². The number of pyridine rings is 1. The van der Waals surface area contributed by atoms with E-state index in [1.807, 2.05) is 6.07 Å². The Morgan fingerprint density at radius 3 is 2.89 bits per heavy atom. The third kappa shape index (κ3) is 2.18. The van der Waals surface area contributed by atoms with Gasteiger partial charge in [0.25, 0.3) is 0 Å². The molecule has 3 N–H and O–H groups in total. The number of hydrogen-bond acceptors (Lipinski definition) is 5. The summed E-state index contributed by atoms with van der Waals surface area (Å²) in [6, 6.07) is 3.76. The van der Waals surface area contributed by atoms with Gasteiger partial charge in [-0.1, -0.05) is 6.42 Å². The molecule has 0 spiro atoms. The molecule has 0 bridgehead atoms. The maximum Gasteiger partial charge on any atom is 0.143 e. The highest BCUT2D eigenvalue weighted by molar-refractivity contribution is 7.85. The van der Waals surface area contributed by atoms with Crippen molar-refractivity contribution >= 4 is 22.3 Å². The van der Waals surface area contributed by atoms with Gasteiger partial charge in [0.2, 0.25) is 0 Å². The van der Waals surface area contributed by atoms with E-state index in [9.17, 15) is 4.21 Å². The number of nitrogens with zero attached hydrogens (tertiary/aromatic N) is 2. The summed E-state index contributed by atoms with van der Waals surface area (Å²) in [7, 11) is -0.862. The Morgan fingerprint density at radius 2 is 2.39 bits per heavy atom. The van der Waals surface area contributed by atoms with Crippen molar-refractivity contribution in [3.63, 3.8) is 0 Å². The van der Waals surface area contributed by atoms with E-state index in [-0.39, 0.29) is 10.6 Å². The predicted octanol–water partition coefficient (Wildman–Crippen LogP) is 1.25. The van der Waals surface area contributed by atoms with E-state index >= 15 is 0 Å². The van der Waals surface area contributed by atoms with Gasteiger partial charge >= 0.3 is 0 Å². The van der Waals surface area contributed by atoms with Gasteiger partial charge in [0.15, 0.2) is 0 Å². The van der Waals surface area contributed by atoms with Crippen LogP contribution in [-0.4, -0.2) is 26.7 Å². The molecule has 1 aliphatic rings. The molecule has 1 aromatic rings. The molecule has 1 atom stereocenters. The topological polar surface area (TPSA) is 91.8 Å². The average molecular weight is 264 g/mol. The van der Waals surface area contributed by atoms with Crippen molar-refractivity contribution in [3.8, 4) is 6.07 Å². The highest BCUT2D eigenvalue weighted by Gasteiger charge is 2.40. The lowest BCUT2D eigenvalue weighted by atomic mass is 9.84. The molecule has 0 aromatic carbocycles. The summed E-state index contributed by atoms with van der Waals surface area (Å²) in [5.74, 6) is 0.225. The van der Waals surface area contributed by atoms with Crippen molar-refractivity contribution in [3.05, 3.63) is 17.8 Å². The van der Waals surface area contributed by atoms with Gasteiger partial charge in [0, 0.05) is 29.8 Å². The summed E-state index contributed by atoms with van der Waals surface area (Å²) in [6.07, 6.45) is 6.35. The van der Waals surface area contributed by atoms with Crippen LogP contribution < -0.4 is 11.1 Å². The second-order valence-corrected chi connectivity index (χ2v) is 6.35. The first-order valence-corrected chi connectivity index (χ1v) is 7.37. The van der Waals surface area contributed by atoms with E-state index in [1.165, 1.54) is 0 Å². The van der Waals surface area contributed by atoms with Gasteiger partial charge in [-0.15, -0.1) is 0 Å². The lowest BCUT2D eigenvalue weighted by Crippen LogP contribution is -2.47. The van der Waals surface area contributed by atoms with Crippen LogP contribution in [0.1, 0.15) is 24.8 Å². The molecule has 0 amide bonds. The van der Waals surface area contributed by atoms with Gasteiger partial charge in [-0.2, -0.15) is 5.26 Å². The van der Waals surface area contributed by atoms with Crippen molar-refractivity contribution in [2.24, 2.45) is 0 Å². The molecule has 1 unspecified atom stereocenters. The molecular formula is C12H16N4OS. The maximum absolute atomic E-state index is 11.8. The van der Waals surface area contributed by atoms with Crippen molar-refractivity contribution < 1.29 is 4.21 Å². The van der Waals surface area contributed by atoms with Crippen LogP contribution in [0, 0.1) is 11.3 Å². The number of nitrogens with two attached hydrogens (primary N) is 1. The fourth-order valence-electron chi connectivity index (χ4n) is 2.14. The van der Waals surface area contributed by atoms with Crippen molar-refractivity contribution in [1.82, 2.24) is 4.98 Å². The number of nitrogen functional groups attached to an aromatic ring is 1. The van der Waals surface area contributed by atoms with Gasteiger partial charge in [-0.25, -0.2) is 4.98 Å². The lowest BCUT2D eigenvalue weighted by Gasteiger charge is -2.40. The summed E-state index contributed by atoms with van der Waals surface area (Å²) in [4.78, 5) is 3.88. The Bertz CT molecular complexity index is 519. The molecule has 1 heterocycles. The van der Waals surface area contributed by atoms with Crippen LogP contribution in [0.25, 0.3) is 0 Å². The third-order valence-corrected chi connectivity index (χ3v) is 5.34. The monoisotopic (exact) mass is 264 g/mol. The first-order chi connectivity index (χ1) is 8.59. The van der Waals surface area contributed by atoms with E-state index in [0.29, 0.717) is 17.8 Å². The average Bonchev–Trinajstić information content (AvgIpc) is 2.27. The molecule has 5 nitrogen and oxygen atoms in total. The molecule has 18 heavy (non-hydrogen) atoms. The standard InChI is InChI=1S/C12H16N4OS/c1-18(17)12(4-2-5-12)8-16-10-3-6-15-11(14)9(10)7-13/h3,6H,2,4-5,8H2,1H3,(H3,14,15,16). The molecular weight excluding hydrogens is 248 g/mol. The maximum atomic E-state index is 11.8. The van der Waals surface area contributed by atoms with Gasteiger partial charge in [-0.3, -0.25) is 4.21 Å².